The molecule has 0 spiro atoms. The predicted octanol–water partition coefficient (Wildman–Crippen LogP) is 3.55. The highest BCUT2D eigenvalue weighted by Crippen LogP contribution is 2.18. The maximum atomic E-state index is 12.1. The SMILES string of the molecule is Cc1cc(C)cc(COC(=O)c2c(C)cccc2N)c1. The fraction of sp³-hybridized carbons (Fsp3) is 0.235. The first-order valence-electron chi connectivity index (χ1n) is 6.57. The summed E-state index contributed by atoms with van der Waals surface area (Å²) in [6, 6.07) is 11.5. The number of benzene rings is 2. The molecule has 0 saturated heterocycles. The van der Waals surface area contributed by atoms with E-state index >= 15 is 0 Å². The third-order valence-electron chi connectivity index (χ3n) is 3.16. The number of ether oxygens (including phenoxy) is 1. The van der Waals surface area contributed by atoms with Crippen molar-refractivity contribution in [3.8, 4) is 0 Å². The molecule has 2 aromatic carbocycles. The second-order valence-corrected chi connectivity index (χ2v) is 5.11. The Morgan fingerprint density at radius 3 is 2.35 bits per heavy atom. The summed E-state index contributed by atoms with van der Waals surface area (Å²) in [5.74, 6) is -0.375. The van der Waals surface area contributed by atoms with Gasteiger partial charge in [0.1, 0.15) is 6.61 Å². The van der Waals surface area contributed by atoms with E-state index in [0.717, 1.165) is 22.3 Å². The summed E-state index contributed by atoms with van der Waals surface area (Å²) in [7, 11) is 0. The number of rotatable bonds is 3. The molecule has 0 aliphatic carbocycles. The summed E-state index contributed by atoms with van der Waals surface area (Å²) >= 11 is 0. The molecule has 0 fully saturated rings. The first-order chi connectivity index (χ1) is 9.47. The average Bonchev–Trinajstić information content (AvgIpc) is 2.35. The number of aryl methyl sites for hydroxylation is 3. The molecule has 2 N–H and O–H groups in total. The van der Waals surface area contributed by atoms with Crippen molar-refractivity contribution in [3.05, 3.63) is 64.2 Å². The van der Waals surface area contributed by atoms with Crippen LogP contribution >= 0.6 is 0 Å². The van der Waals surface area contributed by atoms with Gasteiger partial charge in [-0.15, -0.1) is 0 Å². The number of nitrogen functional groups attached to an aromatic ring is 1. The first kappa shape index (κ1) is 14.1. The molecule has 3 nitrogen and oxygen atoms in total. The Balaban J connectivity index is 2.13. The van der Waals surface area contributed by atoms with Crippen LogP contribution in [0.15, 0.2) is 36.4 Å². The van der Waals surface area contributed by atoms with Gasteiger partial charge in [0.2, 0.25) is 0 Å². The van der Waals surface area contributed by atoms with Crippen molar-refractivity contribution in [2.24, 2.45) is 0 Å². The van der Waals surface area contributed by atoms with Crippen molar-refractivity contribution < 1.29 is 9.53 Å². The van der Waals surface area contributed by atoms with Gasteiger partial charge in [-0.05, 0) is 38.0 Å². The first-order valence-corrected chi connectivity index (χ1v) is 6.57. The van der Waals surface area contributed by atoms with Crippen molar-refractivity contribution >= 4 is 11.7 Å². The molecule has 2 rings (SSSR count). The standard InChI is InChI=1S/C17H19NO2/c1-11-7-12(2)9-14(8-11)10-20-17(19)16-13(3)5-4-6-15(16)18/h4-9H,10,18H2,1-3H3. The largest absolute Gasteiger partial charge is 0.457 e. The molecule has 0 saturated carbocycles. The minimum atomic E-state index is -0.375. The van der Waals surface area contributed by atoms with Gasteiger partial charge in [0.15, 0.2) is 0 Å². The van der Waals surface area contributed by atoms with E-state index in [4.69, 9.17) is 10.5 Å². The van der Waals surface area contributed by atoms with E-state index in [1.165, 1.54) is 0 Å². The van der Waals surface area contributed by atoms with E-state index in [1.807, 2.05) is 45.0 Å². The number of esters is 1. The quantitative estimate of drug-likeness (QED) is 0.684. The molecule has 2 aromatic rings. The number of carbonyl (C=O) groups is 1. The van der Waals surface area contributed by atoms with Crippen LogP contribution in [0, 0.1) is 20.8 Å². The molecule has 0 heterocycles. The Labute approximate surface area is 119 Å². The number of anilines is 1. The van der Waals surface area contributed by atoms with E-state index in [1.54, 1.807) is 6.07 Å². The molecule has 0 aliphatic heterocycles. The molecule has 0 radical (unpaired) electrons. The summed E-state index contributed by atoms with van der Waals surface area (Å²) in [5, 5.41) is 0. The molecule has 3 heteroatoms. The molecule has 104 valence electrons. The van der Waals surface area contributed by atoms with Crippen LogP contribution in [0.3, 0.4) is 0 Å². The zero-order valence-corrected chi connectivity index (χ0v) is 12.1. The summed E-state index contributed by atoms with van der Waals surface area (Å²) in [6.45, 7) is 6.16. The molecular formula is C17H19NO2. The Morgan fingerprint density at radius 2 is 1.75 bits per heavy atom. The molecular weight excluding hydrogens is 250 g/mol. The molecule has 0 amide bonds. The third-order valence-corrected chi connectivity index (χ3v) is 3.16. The molecule has 0 aliphatic rings. The number of carbonyl (C=O) groups excluding carboxylic acids is 1. The Hall–Kier alpha value is -2.29. The summed E-state index contributed by atoms with van der Waals surface area (Å²) < 4.78 is 5.37. The van der Waals surface area contributed by atoms with Crippen LogP contribution in [0.2, 0.25) is 0 Å². The van der Waals surface area contributed by atoms with E-state index in [0.29, 0.717) is 11.3 Å². The van der Waals surface area contributed by atoms with Gasteiger partial charge in [0.05, 0.1) is 5.56 Å². The molecule has 0 bridgehead atoms. The van der Waals surface area contributed by atoms with Gasteiger partial charge in [0, 0.05) is 5.69 Å². The Morgan fingerprint density at radius 1 is 1.10 bits per heavy atom. The van der Waals surface area contributed by atoms with Crippen LogP contribution in [0.25, 0.3) is 0 Å². The van der Waals surface area contributed by atoms with Crippen molar-refractivity contribution in [2.45, 2.75) is 27.4 Å². The van der Waals surface area contributed by atoms with Crippen LogP contribution in [0.5, 0.6) is 0 Å². The highest BCUT2D eigenvalue weighted by Gasteiger charge is 2.14. The summed E-state index contributed by atoms with van der Waals surface area (Å²) in [4.78, 5) is 12.1. The van der Waals surface area contributed by atoms with Crippen LogP contribution in [0.4, 0.5) is 5.69 Å². The lowest BCUT2D eigenvalue weighted by Crippen LogP contribution is -2.10. The topological polar surface area (TPSA) is 52.3 Å². The minimum absolute atomic E-state index is 0.259. The van der Waals surface area contributed by atoms with Gasteiger partial charge in [-0.1, -0.05) is 41.5 Å². The van der Waals surface area contributed by atoms with Crippen LogP contribution in [-0.4, -0.2) is 5.97 Å². The fourth-order valence-electron chi connectivity index (χ4n) is 2.34. The van der Waals surface area contributed by atoms with Crippen molar-refractivity contribution in [3.63, 3.8) is 0 Å². The van der Waals surface area contributed by atoms with Gasteiger partial charge in [-0.2, -0.15) is 0 Å². The number of hydrogen-bond donors (Lipinski definition) is 1. The normalized spacial score (nSPS) is 10.3. The highest BCUT2D eigenvalue weighted by molar-refractivity contribution is 5.96. The van der Waals surface area contributed by atoms with Gasteiger partial charge in [-0.25, -0.2) is 4.79 Å². The molecule has 0 unspecified atom stereocenters. The zero-order chi connectivity index (χ0) is 14.7. The van der Waals surface area contributed by atoms with Gasteiger partial charge in [-0.3, -0.25) is 0 Å². The van der Waals surface area contributed by atoms with Crippen LogP contribution < -0.4 is 5.73 Å². The molecule has 0 aromatic heterocycles. The lowest BCUT2D eigenvalue weighted by molar-refractivity contribution is 0.0473. The fourth-order valence-corrected chi connectivity index (χ4v) is 2.34. The Kier molecular flexibility index (Phi) is 4.08. The van der Waals surface area contributed by atoms with Gasteiger partial charge >= 0.3 is 5.97 Å². The summed E-state index contributed by atoms with van der Waals surface area (Å²) in [6.07, 6.45) is 0. The second kappa shape index (κ2) is 5.78. The monoisotopic (exact) mass is 269 g/mol. The molecule has 20 heavy (non-hydrogen) atoms. The highest BCUT2D eigenvalue weighted by atomic mass is 16.5. The predicted molar refractivity (Wildman–Crippen MR) is 80.6 cm³/mol. The van der Waals surface area contributed by atoms with Crippen molar-refractivity contribution in [1.29, 1.82) is 0 Å². The lowest BCUT2D eigenvalue weighted by Gasteiger charge is -2.10. The van der Waals surface area contributed by atoms with Crippen LogP contribution in [-0.2, 0) is 11.3 Å². The zero-order valence-electron chi connectivity index (χ0n) is 12.1. The minimum Gasteiger partial charge on any atom is -0.457 e. The lowest BCUT2D eigenvalue weighted by atomic mass is 10.1. The summed E-state index contributed by atoms with van der Waals surface area (Å²) in [5.41, 5.74) is 10.9. The van der Waals surface area contributed by atoms with Crippen molar-refractivity contribution in [1.82, 2.24) is 0 Å². The van der Waals surface area contributed by atoms with E-state index < -0.39 is 0 Å². The van der Waals surface area contributed by atoms with Crippen molar-refractivity contribution in [2.75, 3.05) is 5.73 Å². The number of hydrogen-bond acceptors (Lipinski definition) is 3. The van der Waals surface area contributed by atoms with E-state index in [2.05, 4.69) is 6.07 Å². The van der Waals surface area contributed by atoms with E-state index in [-0.39, 0.29) is 12.6 Å². The van der Waals surface area contributed by atoms with E-state index in [9.17, 15) is 4.79 Å². The maximum Gasteiger partial charge on any atom is 0.340 e. The molecule has 0 atom stereocenters. The maximum absolute atomic E-state index is 12.1. The van der Waals surface area contributed by atoms with Gasteiger partial charge in [0.25, 0.3) is 0 Å². The third kappa shape index (κ3) is 3.18. The van der Waals surface area contributed by atoms with Gasteiger partial charge < -0.3 is 10.5 Å². The Bertz CT molecular complexity index is 607. The average molecular weight is 269 g/mol. The smallest absolute Gasteiger partial charge is 0.340 e. The van der Waals surface area contributed by atoms with Crippen LogP contribution in [0.1, 0.15) is 32.6 Å². The number of nitrogens with two attached hydrogens (primary N) is 1. The second-order valence-electron chi connectivity index (χ2n) is 5.11.